The molecule has 108 valence electrons. The highest BCUT2D eigenvalue weighted by Gasteiger charge is 2.20. The fourth-order valence-electron chi connectivity index (χ4n) is 2.51. The van der Waals surface area contributed by atoms with E-state index in [0.29, 0.717) is 11.9 Å². The van der Waals surface area contributed by atoms with Crippen LogP contribution in [0.4, 0.5) is 5.82 Å². The Morgan fingerprint density at radius 2 is 2.11 bits per heavy atom. The summed E-state index contributed by atoms with van der Waals surface area (Å²) < 4.78 is 24.1. The van der Waals surface area contributed by atoms with Gasteiger partial charge in [0.1, 0.15) is 15.7 Å². The van der Waals surface area contributed by atoms with E-state index < -0.39 is 9.84 Å². The molecule has 0 aliphatic carbocycles. The second-order valence-corrected chi connectivity index (χ2v) is 7.54. The molecule has 0 saturated carbocycles. The molecule has 2 heterocycles. The van der Waals surface area contributed by atoms with Crippen molar-refractivity contribution in [2.75, 3.05) is 37.4 Å². The molecule has 1 saturated heterocycles. The largest absolute Gasteiger partial charge is 0.382 e. The number of aromatic nitrogens is 2. The number of anilines is 1. The first-order valence-electron chi connectivity index (χ1n) is 6.65. The van der Waals surface area contributed by atoms with Crippen LogP contribution in [0.3, 0.4) is 0 Å². The van der Waals surface area contributed by atoms with Crippen LogP contribution in [-0.4, -0.2) is 54.7 Å². The topological polar surface area (TPSA) is 81.2 Å². The third kappa shape index (κ3) is 4.50. The SMILES string of the molecule is CS(=O)(=O)CCCN1CCC(n2ccc(N)n2)CC1. The van der Waals surface area contributed by atoms with Crippen LogP contribution in [0.5, 0.6) is 0 Å². The van der Waals surface area contributed by atoms with Crippen LogP contribution < -0.4 is 5.73 Å². The molecular formula is C12H22N4O2S. The molecular weight excluding hydrogens is 264 g/mol. The molecule has 0 atom stereocenters. The molecule has 6 nitrogen and oxygen atoms in total. The molecule has 2 N–H and O–H groups in total. The molecule has 2 rings (SSSR count). The fourth-order valence-corrected chi connectivity index (χ4v) is 3.17. The minimum atomic E-state index is -2.83. The standard InChI is InChI=1S/C12H22N4O2S/c1-19(17,18)10-2-6-15-7-3-11(4-8-15)16-9-5-12(13)14-16/h5,9,11H,2-4,6-8,10H2,1H3,(H2,13,14). The Kier molecular flexibility index (Phi) is 4.46. The Balaban J connectivity index is 1.73. The third-order valence-corrected chi connectivity index (χ3v) is 4.58. The van der Waals surface area contributed by atoms with Gasteiger partial charge in [-0.2, -0.15) is 5.10 Å². The molecule has 7 heteroatoms. The zero-order valence-electron chi connectivity index (χ0n) is 11.3. The number of hydrogen-bond donors (Lipinski definition) is 1. The van der Waals surface area contributed by atoms with Gasteiger partial charge in [0.05, 0.1) is 11.8 Å². The zero-order chi connectivity index (χ0) is 13.9. The molecule has 19 heavy (non-hydrogen) atoms. The van der Waals surface area contributed by atoms with E-state index in [1.807, 2.05) is 16.9 Å². The maximum Gasteiger partial charge on any atom is 0.147 e. The average molecular weight is 286 g/mol. The summed E-state index contributed by atoms with van der Waals surface area (Å²) in [6, 6.07) is 2.24. The molecule has 0 amide bonds. The van der Waals surface area contributed by atoms with Crippen molar-refractivity contribution >= 4 is 15.7 Å². The van der Waals surface area contributed by atoms with Crippen molar-refractivity contribution in [2.24, 2.45) is 0 Å². The summed E-state index contributed by atoms with van der Waals surface area (Å²) >= 11 is 0. The third-order valence-electron chi connectivity index (χ3n) is 3.55. The predicted molar refractivity (Wildman–Crippen MR) is 75.7 cm³/mol. The highest BCUT2D eigenvalue weighted by atomic mass is 32.2. The maximum absolute atomic E-state index is 11.1. The first-order valence-corrected chi connectivity index (χ1v) is 8.71. The smallest absolute Gasteiger partial charge is 0.147 e. The molecule has 0 unspecified atom stereocenters. The number of sulfone groups is 1. The summed E-state index contributed by atoms with van der Waals surface area (Å²) in [5.41, 5.74) is 5.62. The van der Waals surface area contributed by atoms with E-state index in [-0.39, 0.29) is 5.75 Å². The van der Waals surface area contributed by atoms with Gasteiger partial charge in [-0.25, -0.2) is 8.42 Å². The van der Waals surface area contributed by atoms with Crippen LogP contribution in [0.25, 0.3) is 0 Å². The zero-order valence-corrected chi connectivity index (χ0v) is 12.1. The van der Waals surface area contributed by atoms with Crippen molar-refractivity contribution in [1.82, 2.24) is 14.7 Å². The molecule has 1 aliphatic heterocycles. The highest BCUT2D eigenvalue weighted by Crippen LogP contribution is 2.22. The van der Waals surface area contributed by atoms with Gasteiger partial charge < -0.3 is 10.6 Å². The van der Waals surface area contributed by atoms with Crippen LogP contribution >= 0.6 is 0 Å². The Bertz CT molecular complexity index is 504. The van der Waals surface area contributed by atoms with E-state index in [1.165, 1.54) is 6.26 Å². The second kappa shape index (κ2) is 5.92. The molecule has 0 radical (unpaired) electrons. The van der Waals surface area contributed by atoms with Gasteiger partial charge in [0.15, 0.2) is 0 Å². The van der Waals surface area contributed by atoms with Crippen LogP contribution in [0.2, 0.25) is 0 Å². The number of likely N-dealkylation sites (tertiary alicyclic amines) is 1. The van der Waals surface area contributed by atoms with E-state index in [0.717, 1.165) is 38.9 Å². The summed E-state index contributed by atoms with van der Waals surface area (Å²) in [5.74, 6) is 0.846. The van der Waals surface area contributed by atoms with Crippen molar-refractivity contribution in [1.29, 1.82) is 0 Å². The van der Waals surface area contributed by atoms with E-state index in [9.17, 15) is 8.42 Å². The van der Waals surface area contributed by atoms with Gasteiger partial charge in [0.2, 0.25) is 0 Å². The Labute approximate surface area is 114 Å². The van der Waals surface area contributed by atoms with Crippen LogP contribution in [0.1, 0.15) is 25.3 Å². The monoisotopic (exact) mass is 286 g/mol. The van der Waals surface area contributed by atoms with Crippen molar-refractivity contribution in [3.63, 3.8) is 0 Å². The molecule has 1 aromatic heterocycles. The number of piperidine rings is 1. The molecule has 0 bridgehead atoms. The maximum atomic E-state index is 11.1. The van der Waals surface area contributed by atoms with Crippen molar-refractivity contribution in [2.45, 2.75) is 25.3 Å². The van der Waals surface area contributed by atoms with Crippen molar-refractivity contribution in [3.05, 3.63) is 12.3 Å². The van der Waals surface area contributed by atoms with Gasteiger partial charge in [-0.15, -0.1) is 0 Å². The predicted octanol–water partition coefficient (Wildman–Crippen LogP) is 0.537. The number of nitrogen functional groups attached to an aromatic ring is 1. The summed E-state index contributed by atoms with van der Waals surface area (Å²) in [6.07, 6.45) is 6.03. The number of nitrogens with two attached hydrogens (primary N) is 1. The van der Waals surface area contributed by atoms with Crippen LogP contribution in [0, 0.1) is 0 Å². The first-order chi connectivity index (χ1) is 8.94. The summed E-state index contributed by atoms with van der Waals surface area (Å²) in [4.78, 5) is 2.33. The molecule has 1 aliphatic rings. The van der Waals surface area contributed by atoms with E-state index in [4.69, 9.17) is 5.73 Å². The molecule has 0 aromatic carbocycles. The highest BCUT2D eigenvalue weighted by molar-refractivity contribution is 7.90. The van der Waals surface area contributed by atoms with Gasteiger partial charge in [-0.1, -0.05) is 0 Å². The van der Waals surface area contributed by atoms with Gasteiger partial charge in [-0.05, 0) is 31.9 Å². The van der Waals surface area contributed by atoms with Gasteiger partial charge in [-0.3, -0.25) is 4.68 Å². The van der Waals surface area contributed by atoms with Gasteiger partial charge in [0.25, 0.3) is 0 Å². The lowest BCUT2D eigenvalue weighted by atomic mass is 10.1. The quantitative estimate of drug-likeness (QED) is 0.854. The summed E-state index contributed by atoms with van der Waals surface area (Å²) in [5, 5.41) is 4.25. The normalized spacial score (nSPS) is 18.8. The number of hydrogen-bond acceptors (Lipinski definition) is 5. The Morgan fingerprint density at radius 1 is 1.42 bits per heavy atom. The Hall–Kier alpha value is -1.08. The molecule has 1 fully saturated rings. The molecule has 1 aromatic rings. The number of rotatable bonds is 5. The van der Waals surface area contributed by atoms with Gasteiger partial charge in [0, 0.05) is 25.5 Å². The Morgan fingerprint density at radius 3 is 2.63 bits per heavy atom. The first kappa shape index (κ1) is 14.3. The minimum absolute atomic E-state index is 0.280. The van der Waals surface area contributed by atoms with E-state index >= 15 is 0 Å². The van der Waals surface area contributed by atoms with Crippen molar-refractivity contribution in [3.8, 4) is 0 Å². The average Bonchev–Trinajstić information content (AvgIpc) is 2.75. The lowest BCUT2D eigenvalue weighted by Gasteiger charge is -2.31. The summed E-state index contributed by atoms with van der Waals surface area (Å²) in [6.45, 7) is 2.85. The fraction of sp³-hybridized carbons (Fsp3) is 0.750. The second-order valence-electron chi connectivity index (χ2n) is 5.28. The molecule has 0 spiro atoms. The lowest BCUT2D eigenvalue weighted by Crippen LogP contribution is -2.36. The van der Waals surface area contributed by atoms with Crippen molar-refractivity contribution < 1.29 is 8.42 Å². The minimum Gasteiger partial charge on any atom is -0.382 e. The van der Waals surface area contributed by atoms with E-state index in [2.05, 4.69) is 10.00 Å². The van der Waals surface area contributed by atoms with Crippen LogP contribution in [0.15, 0.2) is 12.3 Å². The van der Waals surface area contributed by atoms with Crippen LogP contribution in [-0.2, 0) is 9.84 Å². The lowest BCUT2D eigenvalue weighted by molar-refractivity contribution is 0.180. The number of nitrogens with zero attached hydrogens (tertiary/aromatic N) is 3. The van der Waals surface area contributed by atoms with Gasteiger partial charge >= 0.3 is 0 Å². The summed E-state index contributed by atoms with van der Waals surface area (Å²) in [7, 11) is -2.83. The van der Waals surface area contributed by atoms with E-state index in [1.54, 1.807) is 0 Å².